The molecular formula is C24H26F3N3O2. The number of amides is 1. The highest BCUT2D eigenvalue weighted by atomic mass is 19.4. The summed E-state index contributed by atoms with van der Waals surface area (Å²) >= 11 is 0. The van der Waals surface area contributed by atoms with E-state index in [4.69, 9.17) is 0 Å². The molecule has 0 saturated carbocycles. The fraction of sp³-hybridized carbons (Fsp3) is 0.375. The second-order valence-electron chi connectivity index (χ2n) is 8.26. The van der Waals surface area contributed by atoms with Crippen molar-refractivity contribution in [3.63, 3.8) is 0 Å². The number of ether oxygens (including phenoxy) is 1. The van der Waals surface area contributed by atoms with Crippen LogP contribution in [0, 0.1) is 0 Å². The number of rotatable bonds is 6. The summed E-state index contributed by atoms with van der Waals surface area (Å²) in [5.41, 5.74) is 3.75. The van der Waals surface area contributed by atoms with Crippen LogP contribution in [0.15, 0.2) is 42.5 Å². The number of carbonyl (C=O) groups is 1. The molecule has 2 aromatic carbocycles. The van der Waals surface area contributed by atoms with Gasteiger partial charge in [-0.05, 0) is 68.5 Å². The maximum Gasteiger partial charge on any atom is 0.573 e. The number of hydrogen-bond donors (Lipinski definition) is 3. The molecule has 3 aromatic rings. The second kappa shape index (κ2) is 8.86. The van der Waals surface area contributed by atoms with E-state index in [-0.39, 0.29) is 5.56 Å². The monoisotopic (exact) mass is 445 g/mol. The van der Waals surface area contributed by atoms with E-state index in [2.05, 4.69) is 34.2 Å². The number of anilines is 1. The summed E-state index contributed by atoms with van der Waals surface area (Å²) in [6.45, 7) is 4.34. The van der Waals surface area contributed by atoms with Gasteiger partial charge in [-0.2, -0.15) is 0 Å². The zero-order valence-electron chi connectivity index (χ0n) is 18.0. The van der Waals surface area contributed by atoms with Crippen molar-refractivity contribution >= 4 is 22.5 Å². The van der Waals surface area contributed by atoms with E-state index in [0.29, 0.717) is 17.8 Å². The summed E-state index contributed by atoms with van der Waals surface area (Å²) in [7, 11) is 0. The van der Waals surface area contributed by atoms with E-state index in [1.165, 1.54) is 29.5 Å². The number of para-hydroxylation sites is 1. The molecule has 0 saturated heterocycles. The highest BCUT2D eigenvalue weighted by Crippen LogP contribution is 2.32. The third-order valence-electron chi connectivity index (χ3n) is 5.94. The fourth-order valence-electron chi connectivity index (χ4n) is 4.22. The van der Waals surface area contributed by atoms with Crippen molar-refractivity contribution in [3.05, 3.63) is 59.3 Å². The lowest BCUT2D eigenvalue weighted by atomic mass is 9.91. The fourth-order valence-corrected chi connectivity index (χ4v) is 4.22. The van der Waals surface area contributed by atoms with Gasteiger partial charge in [0.15, 0.2) is 0 Å². The maximum absolute atomic E-state index is 12.7. The second-order valence-corrected chi connectivity index (χ2v) is 8.26. The lowest BCUT2D eigenvalue weighted by Crippen LogP contribution is -2.39. The van der Waals surface area contributed by atoms with Gasteiger partial charge in [0, 0.05) is 34.4 Å². The molecule has 3 N–H and O–H groups in total. The molecule has 32 heavy (non-hydrogen) atoms. The molecule has 2 atom stereocenters. The van der Waals surface area contributed by atoms with Crippen LogP contribution in [0.2, 0.25) is 0 Å². The molecule has 0 bridgehead atoms. The number of alkyl halides is 3. The van der Waals surface area contributed by atoms with E-state index in [1.807, 2.05) is 12.1 Å². The average Bonchev–Trinajstić information content (AvgIpc) is 3.10. The van der Waals surface area contributed by atoms with Crippen LogP contribution in [-0.4, -0.2) is 29.3 Å². The molecule has 0 spiro atoms. The molecule has 170 valence electrons. The number of aryl methyl sites for hydroxylation is 1. The molecule has 0 radical (unpaired) electrons. The van der Waals surface area contributed by atoms with E-state index < -0.39 is 18.0 Å². The van der Waals surface area contributed by atoms with Crippen LogP contribution in [0.5, 0.6) is 5.75 Å². The molecule has 0 aliphatic heterocycles. The molecule has 1 amide bonds. The summed E-state index contributed by atoms with van der Waals surface area (Å²) in [5.74, 6) is -1.19. The third-order valence-corrected chi connectivity index (χ3v) is 5.94. The van der Waals surface area contributed by atoms with Gasteiger partial charge in [-0.3, -0.25) is 4.79 Å². The molecule has 1 aliphatic carbocycles. The van der Waals surface area contributed by atoms with Gasteiger partial charge in [0.25, 0.3) is 5.91 Å². The molecule has 8 heteroatoms. The highest BCUT2D eigenvalue weighted by molar-refractivity contribution is 6.07. The van der Waals surface area contributed by atoms with Gasteiger partial charge in [-0.15, -0.1) is 13.2 Å². The van der Waals surface area contributed by atoms with E-state index in [9.17, 15) is 18.0 Å². The van der Waals surface area contributed by atoms with Gasteiger partial charge in [0.1, 0.15) is 5.75 Å². The zero-order chi connectivity index (χ0) is 22.9. The minimum Gasteiger partial charge on any atom is -0.405 e. The SMILES string of the molecule is CCC(C)NC1CCc2[nH]c3ccc(NC(=O)c4ccccc4OC(F)(F)F)cc3c2C1. The smallest absolute Gasteiger partial charge is 0.405 e. The van der Waals surface area contributed by atoms with Crippen LogP contribution in [-0.2, 0) is 12.8 Å². The Balaban J connectivity index is 1.57. The van der Waals surface area contributed by atoms with Crippen molar-refractivity contribution in [2.45, 2.75) is 58.0 Å². The predicted molar refractivity (Wildman–Crippen MR) is 118 cm³/mol. The molecule has 1 heterocycles. The Bertz CT molecular complexity index is 1120. The van der Waals surface area contributed by atoms with Crippen molar-refractivity contribution in [3.8, 4) is 5.75 Å². The van der Waals surface area contributed by atoms with Crippen LogP contribution in [0.25, 0.3) is 10.9 Å². The number of aromatic amines is 1. The summed E-state index contributed by atoms with van der Waals surface area (Å²) < 4.78 is 42.0. The third kappa shape index (κ3) is 4.91. The molecule has 1 aliphatic rings. The Morgan fingerprint density at radius 2 is 2.03 bits per heavy atom. The van der Waals surface area contributed by atoms with Gasteiger partial charge in [0.05, 0.1) is 5.56 Å². The van der Waals surface area contributed by atoms with Gasteiger partial charge < -0.3 is 20.4 Å². The predicted octanol–water partition coefficient (Wildman–Crippen LogP) is 5.56. The summed E-state index contributed by atoms with van der Waals surface area (Å²) in [6, 6.07) is 11.6. The van der Waals surface area contributed by atoms with Crippen LogP contribution >= 0.6 is 0 Å². The minimum atomic E-state index is -4.88. The maximum atomic E-state index is 12.7. The molecule has 1 aromatic heterocycles. The van der Waals surface area contributed by atoms with E-state index in [0.717, 1.165) is 42.7 Å². The van der Waals surface area contributed by atoms with Crippen LogP contribution in [0.4, 0.5) is 18.9 Å². The Hall–Kier alpha value is -3.00. The van der Waals surface area contributed by atoms with Crippen molar-refractivity contribution in [2.75, 3.05) is 5.32 Å². The highest BCUT2D eigenvalue weighted by Gasteiger charge is 2.33. The quantitative estimate of drug-likeness (QED) is 0.465. The summed E-state index contributed by atoms with van der Waals surface area (Å²) in [6.07, 6.45) is -0.919. The number of aromatic nitrogens is 1. The molecule has 5 nitrogen and oxygen atoms in total. The van der Waals surface area contributed by atoms with Crippen molar-refractivity contribution in [1.29, 1.82) is 0 Å². The number of halogens is 3. The largest absolute Gasteiger partial charge is 0.573 e. The Kier molecular flexibility index (Phi) is 6.15. The van der Waals surface area contributed by atoms with Crippen LogP contribution in [0.3, 0.4) is 0 Å². The van der Waals surface area contributed by atoms with Gasteiger partial charge in [0.2, 0.25) is 0 Å². The van der Waals surface area contributed by atoms with E-state index >= 15 is 0 Å². The average molecular weight is 445 g/mol. The first kappa shape index (κ1) is 22.2. The number of H-pyrrole nitrogens is 1. The number of fused-ring (bicyclic) bond motifs is 3. The Morgan fingerprint density at radius 1 is 1.25 bits per heavy atom. The topological polar surface area (TPSA) is 66.2 Å². The van der Waals surface area contributed by atoms with Gasteiger partial charge in [-0.1, -0.05) is 19.1 Å². The lowest BCUT2D eigenvalue weighted by Gasteiger charge is -2.26. The Labute approximate surface area is 184 Å². The van der Waals surface area contributed by atoms with Crippen molar-refractivity contribution in [1.82, 2.24) is 10.3 Å². The lowest BCUT2D eigenvalue weighted by molar-refractivity contribution is -0.274. The van der Waals surface area contributed by atoms with Gasteiger partial charge >= 0.3 is 6.36 Å². The number of carbonyl (C=O) groups excluding carboxylic acids is 1. The molecule has 0 fully saturated rings. The van der Waals surface area contributed by atoms with Crippen LogP contribution < -0.4 is 15.4 Å². The first-order valence-corrected chi connectivity index (χ1v) is 10.8. The summed E-state index contributed by atoms with van der Waals surface area (Å²) in [4.78, 5) is 16.2. The first-order chi connectivity index (χ1) is 15.2. The molecular weight excluding hydrogens is 419 g/mol. The van der Waals surface area contributed by atoms with Gasteiger partial charge in [-0.25, -0.2) is 0 Å². The Morgan fingerprint density at radius 3 is 2.78 bits per heavy atom. The zero-order valence-corrected chi connectivity index (χ0v) is 18.0. The van der Waals surface area contributed by atoms with Crippen molar-refractivity contribution < 1.29 is 22.7 Å². The number of nitrogens with one attached hydrogen (secondary N) is 3. The molecule has 4 rings (SSSR count). The standard InChI is InChI=1S/C24H26F3N3O2/c1-3-14(2)28-15-8-10-20-18(12-15)19-13-16(9-11-21(19)30-20)29-23(31)17-6-4-5-7-22(17)32-24(25,26)27/h4-7,9,11,13-15,28,30H,3,8,10,12H2,1-2H3,(H,29,31). The minimum absolute atomic E-state index is 0.182. The molecule has 2 unspecified atom stereocenters. The van der Waals surface area contributed by atoms with Crippen LogP contribution in [0.1, 0.15) is 48.3 Å². The summed E-state index contributed by atoms with van der Waals surface area (Å²) in [5, 5.41) is 7.40. The number of benzene rings is 2. The first-order valence-electron chi connectivity index (χ1n) is 10.8. The van der Waals surface area contributed by atoms with Crippen molar-refractivity contribution in [2.24, 2.45) is 0 Å². The number of hydrogen-bond acceptors (Lipinski definition) is 3. The normalized spacial score (nSPS) is 17.1. The van der Waals surface area contributed by atoms with E-state index in [1.54, 1.807) is 6.07 Å².